The molecule has 0 spiro atoms. The minimum Gasteiger partial charge on any atom is -0.507 e. The van der Waals surface area contributed by atoms with Gasteiger partial charge in [-0.05, 0) is 58.5 Å². The number of fused-ring (bicyclic) bond motifs is 2. The highest BCUT2D eigenvalue weighted by molar-refractivity contribution is 5.98. The van der Waals surface area contributed by atoms with E-state index >= 15 is 0 Å². The SMILES string of the molecule is O=C(O)c1ccc(Cc2ccc3ccc(C(=O)OCc4ccc5ocnc5c4)cc3c2O)cc1. The normalized spacial score (nSPS) is 11.1. The molecular weight excluding hydrogens is 434 g/mol. The Kier molecular flexibility index (Phi) is 5.43. The Labute approximate surface area is 193 Å². The number of nitrogens with zero attached hydrogens (tertiary/aromatic N) is 1. The van der Waals surface area contributed by atoms with Gasteiger partial charge < -0.3 is 19.4 Å². The number of esters is 1. The molecule has 0 atom stereocenters. The first-order valence-electron chi connectivity index (χ1n) is 10.5. The molecule has 168 valence electrons. The van der Waals surface area contributed by atoms with E-state index in [0.29, 0.717) is 34.0 Å². The van der Waals surface area contributed by atoms with Gasteiger partial charge in [-0.25, -0.2) is 14.6 Å². The van der Waals surface area contributed by atoms with Crippen molar-refractivity contribution in [2.24, 2.45) is 0 Å². The highest BCUT2D eigenvalue weighted by atomic mass is 16.5. The Hall–Kier alpha value is -4.65. The summed E-state index contributed by atoms with van der Waals surface area (Å²) in [6, 6.07) is 20.6. The summed E-state index contributed by atoms with van der Waals surface area (Å²) in [4.78, 5) is 27.8. The zero-order valence-electron chi connectivity index (χ0n) is 17.9. The molecule has 0 saturated carbocycles. The number of hydrogen-bond acceptors (Lipinski definition) is 6. The largest absolute Gasteiger partial charge is 0.507 e. The average Bonchev–Trinajstić information content (AvgIpc) is 3.32. The topological polar surface area (TPSA) is 110 Å². The summed E-state index contributed by atoms with van der Waals surface area (Å²) >= 11 is 0. The van der Waals surface area contributed by atoms with Crippen LogP contribution in [0.3, 0.4) is 0 Å². The summed E-state index contributed by atoms with van der Waals surface area (Å²) in [6.45, 7) is 0.0814. The lowest BCUT2D eigenvalue weighted by molar-refractivity contribution is 0.0472. The third-order valence-electron chi connectivity index (χ3n) is 5.67. The van der Waals surface area contributed by atoms with Crippen LogP contribution in [0.1, 0.15) is 37.4 Å². The number of aromatic nitrogens is 1. The van der Waals surface area contributed by atoms with E-state index < -0.39 is 11.9 Å². The van der Waals surface area contributed by atoms with Gasteiger partial charge in [0.05, 0.1) is 11.1 Å². The van der Waals surface area contributed by atoms with Crippen LogP contribution in [0.5, 0.6) is 5.75 Å². The molecule has 0 fully saturated rings. The molecule has 0 unspecified atom stereocenters. The molecule has 0 radical (unpaired) electrons. The number of hydrogen-bond donors (Lipinski definition) is 2. The van der Waals surface area contributed by atoms with Gasteiger partial charge in [-0.1, -0.05) is 36.4 Å². The number of benzene rings is 4. The average molecular weight is 453 g/mol. The van der Waals surface area contributed by atoms with E-state index in [9.17, 15) is 14.7 Å². The van der Waals surface area contributed by atoms with Gasteiger partial charge in [-0.2, -0.15) is 0 Å². The summed E-state index contributed by atoms with van der Waals surface area (Å²) < 4.78 is 10.7. The van der Waals surface area contributed by atoms with Crippen LogP contribution in [0.25, 0.3) is 21.9 Å². The Morgan fingerprint density at radius 3 is 2.41 bits per heavy atom. The summed E-state index contributed by atoms with van der Waals surface area (Å²) in [5, 5.41) is 21.3. The van der Waals surface area contributed by atoms with Gasteiger partial charge in [-0.15, -0.1) is 0 Å². The first kappa shape index (κ1) is 21.2. The second-order valence-corrected chi connectivity index (χ2v) is 7.92. The molecule has 1 aromatic heterocycles. The third kappa shape index (κ3) is 4.19. The summed E-state index contributed by atoms with van der Waals surface area (Å²) in [7, 11) is 0. The molecular formula is C27H19NO6. The van der Waals surface area contributed by atoms with E-state index in [1.54, 1.807) is 42.5 Å². The van der Waals surface area contributed by atoms with E-state index in [2.05, 4.69) is 4.98 Å². The van der Waals surface area contributed by atoms with E-state index in [0.717, 1.165) is 16.5 Å². The van der Waals surface area contributed by atoms with Crippen molar-refractivity contribution in [3.63, 3.8) is 0 Å². The highest BCUT2D eigenvalue weighted by Crippen LogP contribution is 2.31. The fraction of sp³-hybridized carbons (Fsp3) is 0.0741. The lowest BCUT2D eigenvalue weighted by Crippen LogP contribution is -2.05. The van der Waals surface area contributed by atoms with Crippen molar-refractivity contribution in [2.45, 2.75) is 13.0 Å². The standard InChI is InChI=1S/C27H19NO6/c29-25-20(11-16-1-4-19(5-2-16)26(30)31)8-6-18-7-9-21(13-22(18)25)27(32)33-14-17-3-10-24-23(12-17)28-15-34-24/h1-10,12-13,15,29H,11,14H2,(H,30,31). The molecule has 0 bridgehead atoms. The zero-order chi connectivity index (χ0) is 23.7. The molecule has 5 rings (SSSR count). The molecule has 7 heteroatoms. The first-order valence-corrected chi connectivity index (χ1v) is 10.5. The van der Waals surface area contributed by atoms with Crippen molar-refractivity contribution in [1.82, 2.24) is 4.98 Å². The van der Waals surface area contributed by atoms with Crippen LogP contribution in [0.15, 0.2) is 83.6 Å². The minimum absolute atomic E-state index is 0.0749. The predicted molar refractivity (Wildman–Crippen MR) is 125 cm³/mol. The molecule has 7 nitrogen and oxygen atoms in total. The number of ether oxygens (including phenoxy) is 1. The van der Waals surface area contributed by atoms with Gasteiger partial charge in [-0.3, -0.25) is 0 Å². The molecule has 0 aliphatic heterocycles. The molecule has 34 heavy (non-hydrogen) atoms. The van der Waals surface area contributed by atoms with Gasteiger partial charge in [0, 0.05) is 11.8 Å². The van der Waals surface area contributed by atoms with Gasteiger partial charge in [0.25, 0.3) is 0 Å². The van der Waals surface area contributed by atoms with Crippen molar-refractivity contribution >= 4 is 33.8 Å². The van der Waals surface area contributed by atoms with E-state index in [1.165, 1.54) is 18.5 Å². The Morgan fingerprint density at radius 2 is 1.62 bits per heavy atom. The number of rotatable bonds is 6. The van der Waals surface area contributed by atoms with Gasteiger partial charge in [0.1, 0.15) is 17.9 Å². The molecule has 0 amide bonds. The van der Waals surface area contributed by atoms with Crippen molar-refractivity contribution in [1.29, 1.82) is 0 Å². The smallest absolute Gasteiger partial charge is 0.338 e. The van der Waals surface area contributed by atoms with Crippen molar-refractivity contribution in [3.05, 3.63) is 107 Å². The minimum atomic E-state index is -0.988. The Morgan fingerprint density at radius 1 is 0.882 bits per heavy atom. The number of carboxylic acid groups (broad SMARTS) is 1. The van der Waals surface area contributed by atoms with Crippen molar-refractivity contribution in [3.8, 4) is 5.75 Å². The maximum Gasteiger partial charge on any atom is 0.338 e. The molecule has 1 heterocycles. The van der Waals surface area contributed by atoms with Crippen LogP contribution in [0, 0.1) is 0 Å². The number of aromatic hydroxyl groups is 1. The second-order valence-electron chi connectivity index (χ2n) is 7.92. The molecule has 0 saturated heterocycles. The van der Waals surface area contributed by atoms with Gasteiger partial charge in [0.2, 0.25) is 0 Å². The van der Waals surface area contributed by atoms with Gasteiger partial charge in [0.15, 0.2) is 12.0 Å². The molecule has 4 aromatic carbocycles. The zero-order valence-corrected chi connectivity index (χ0v) is 17.9. The molecule has 2 N–H and O–H groups in total. The second kappa shape index (κ2) is 8.71. The van der Waals surface area contributed by atoms with Crippen LogP contribution in [-0.2, 0) is 17.8 Å². The highest BCUT2D eigenvalue weighted by Gasteiger charge is 2.13. The number of aromatic carboxylic acids is 1. The number of phenolic OH excluding ortho intramolecular Hbond substituents is 1. The lowest BCUT2D eigenvalue weighted by atomic mass is 9.98. The monoisotopic (exact) mass is 453 g/mol. The van der Waals surface area contributed by atoms with Crippen LogP contribution in [0.4, 0.5) is 0 Å². The van der Waals surface area contributed by atoms with Crippen molar-refractivity contribution in [2.75, 3.05) is 0 Å². The summed E-state index contributed by atoms with van der Waals surface area (Å²) in [5.41, 5.74) is 4.20. The fourth-order valence-electron chi connectivity index (χ4n) is 3.83. The number of oxazole rings is 1. The van der Waals surface area contributed by atoms with Crippen LogP contribution >= 0.6 is 0 Å². The van der Waals surface area contributed by atoms with Crippen LogP contribution < -0.4 is 0 Å². The number of carbonyl (C=O) groups is 2. The third-order valence-corrected chi connectivity index (χ3v) is 5.67. The Bertz CT molecular complexity index is 1530. The summed E-state index contributed by atoms with van der Waals surface area (Å²) in [5.74, 6) is -1.42. The quantitative estimate of drug-likeness (QED) is 0.334. The van der Waals surface area contributed by atoms with Crippen LogP contribution in [-0.4, -0.2) is 27.1 Å². The van der Waals surface area contributed by atoms with Crippen LogP contribution in [0.2, 0.25) is 0 Å². The number of carboxylic acids is 1. The van der Waals surface area contributed by atoms with Gasteiger partial charge >= 0.3 is 11.9 Å². The van der Waals surface area contributed by atoms with E-state index in [-0.39, 0.29) is 17.9 Å². The fourth-order valence-corrected chi connectivity index (χ4v) is 3.83. The van der Waals surface area contributed by atoms with Crippen molar-refractivity contribution < 1.29 is 29.0 Å². The first-order chi connectivity index (χ1) is 16.5. The Balaban J connectivity index is 1.35. The summed E-state index contributed by atoms with van der Waals surface area (Å²) in [6.07, 6.45) is 1.78. The van der Waals surface area contributed by atoms with E-state index in [4.69, 9.17) is 14.3 Å². The number of phenols is 1. The number of carbonyl (C=O) groups excluding carboxylic acids is 1. The maximum atomic E-state index is 12.7. The lowest BCUT2D eigenvalue weighted by Gasteiger charge is -2.10. The molecule has 0 aliphatic rings. The maximum absolute atomic E-state index is 12.7. The predicted octanol–water partition coefficient (Wildman–Crippen LogP) is 5.33. The molecule has 5 aromatic rings. The molecule has 0 aliphatic carbocycles. The van der Waals surface area contributed by atoms with E-state index in [1.807, 2.05) is 18.2 Å².